The molecule has 0 radical (unpaired) electrons. The molecular weight excluding hydrogens is 391 g/mol. The van der Waals surface area contributed by atoms with Gasteiger partial charge in [-0.2, -0.15) is 0 Å². The molecule has 2 nitrogen and oxygen atoms in total. The third-order valence-corrected chi connectivity index (χ3v) is 6.34. The molecule has 0 rings (SSSR count). The van der Waals surface area contributed by atoms with E-state index >= 15 is 0 Å². The minimum Gasteiger partial charge on any atom is -0.363 e. The van der Waals surface area contributed by atoms with E-state index in [4.69, 9.17) is 24.4 Å². The van der Waals surface area contributed by atoms with Gasteiger partial charge in [-0.25, -0.2) is 0 Å². The highest BCUT2D eigenvalue weighted by atomic mass is 127. The second kappa shape index (κ2) is 12.7. The number of halogens is 1. The lowest BCUT2D eigenvalue weighted by atomic mass is 10.6. The van der Waals surface area contributed by atoms with Crippen LogP contribution in [-0.4, -0.2) is 51.1 Å². The fraction of sp³-hybridized carbons (Fsp3) is 0.778. The highest BCUT2D eigenvalue weighted by Gasteiger charge is 2.04. The average Bonchev–Trinajstić information content (AvgIpc) is 2.25. The molecule has 98 valence electrons. The van der Waals surface area contributed by atoms with Crippen molar-refractivity contribution in [1.29, 1.82) is 0 Å². The molecule has 0 aliphatic rings. The van der Waals surface area contributed by atoms with Crippen LogP contribution in [0.15, 0.2) is 0 Å². The lowest BCUT2D eigenvalue weighted by molar-refractivity contribution is 0.647. The van der Waals surface area contributed by atoms with Crippen molar-refractivity contribution < 1.29 is 1.43 Å². The first-order valence-electron chi connectivity index (χ1n) is 4.69. The first kappa shape index (κ1) is 19.5. The Morgan fingerprint density at radius 3 is 1.44 bits per heavy atom. The molecule has 0 heterocycles. The van der Waals surface area contributed by atoms with E-state index in [1.165, 1.54) is 32.4 Å². The normalized spacial score (nSPS) is 8.88. The van der Waals surface area contributed by atoms with E-state index in [1.54, 1.807) is 0 Å². The van der Waals surface area contributed by atoms with E-state index < -0.39 is 0 Å². The highest BCUT2D eigenvalue weighted by molar-refractivity contribution is 14.1. The lowest BCUT2D eigenvalue weighted by Crippen LogP contribution is -2.18. The first-order chi connectivity index (χ1) is 7.36. The molecular formula is C9H21IN2S4. The third-order valence-electron chi connectivity index (χ3n) is 1.10. The Balaban J connectivity index is -0.000000340. The molecule has 7 heteroatoms. The molecule has 0 amide bonds. The van der Waals surface area contributed by atoms with Crippen LogP contribution in [0.4, 0.5) is 0 Å². The summed E-state index contributed by atoms with van der Waals surface area (Å²) in [6, 6.07) is 0. The number of rotatable bonds is 1. The monoisotopic (exact) mass is 414 g/mol. The maximum atomic E-state index is 5.07. The summed E-state index contributed by atoms with van der Waals surface area (Å²) in [7, 11) is 10.7. The maximum Gasteiger partial charge on any atom is 0.146 e. The van der Waals surface area contributed by atoms with E-state index in [0.29, 0.717) is 0 Å². The fourth-order valence-electron chi connectivity index (χ4n) is 0.220. The van der Waals surface area contributed by atoms with E-state index in [-0.39, 0.29) is 1.43 Å². The smallest absolute Gasteiger partial charge is 0.146 e. The van der Waals surface area contributed by atoms with Crippen molar-refractivity contribution in [2.24, 2.45) is 0 Å². The van der Waals surface area contributed by atoms with Crippen LogP contribution in [0.3, 0.4) is 0 Å². The number of hydrogen-bond donors (Lipinski definition) is 0. The van der Waals surface area contributed by atoms with Crippen LogP contribution in [0, 0.1) is 0 Å². The highest BCUT2D eigenvalue weighted by Crippen LogP contribution is 2.26. The molecule has 0 aromatic carbocycles. The Morgan fingerprint density at radius 1 is 1.06 bits per heavy atom. The summed E-state index contributed by atoms with van der Waals surface area (Å²) in [6.07, 6.45) is 1.31. The minimum absolute atomic E-state index is 0. The van der Waals surface area contributed by atoms with E-state index in [0.717, 1.165) is 8.64 Å². The van der Waals surface area contributed by atoms with Crippen molar-refractivity contribution in [2.75, 3.05) is 32.6 Å². The van der Waals surface area contributed by atoms with E-state index in [9.17, 15) is 0 Å². The van der Waals surface area contributed by atoms with Gasteiger partial charge in [-0.3, -0.25) is 0 Å². The third kappa shape index (κ3) is 13.3. The summed E-state index contributed by atoms with van der Waals surface area (Å²) in [5.74, 6) is 0. The number of nitrogens with zero attached hydrogens (tertiary/aromatic N) is 2. The number of alkyl halides is 1. The predicted octanol–water partition coefficient (Wildman–Crippen LogP) is 4.14. The van der Waals surface area contributed by atoms with E-state index in [2.05, 4.69) is 29.5 Å². The van der Waals surface area contributed by atoms with Crippen molar-refractivity contribution in [3.05, 3.63) is 0 Å². The van der Waals surface area contributed by atoms with Gasteiger partial charge in [-0.1, -0.05) is 54.0 Å². The molecule has 0 bridgehead atoms. The molecule has 0 aromatic heterocycles. The summed E-state index contributed by atoms with van der Waals surface area (Å²) in [5, 5.41) is 0. The van der Waals surface area contributed by atoms with Crippen LogP contribution in [0.1, 0.15) is 14.8 Å². The van der Waals surface area contributed by atoms with Crippen molar-refractivity contribution in [3.8, 4) is 0 Å². The zero-order chi connectivity index (χ0) is 13.1. The standard InChI is InChI=1S/C6H12N2S4.C3H7I.H2/c1-7(2)5(9)11-12-6(10)8(3)4;1-2-3-4;/h1-4H3;2-3H2,1H3;1H/i;;1+2. The van der Waals surface area contributed by atoms with Crippen LogP contribution in [0.25, 0.3) is 0 Å². The summed E-state index contributed by atoms with van der Waals surface area (Å²) < 4.78 is 2.96. The SMILES string of the molecule is CCCI.CN(C)C(=S)SSC(=S)N(C)C.[3HH]. The van der Waals surface area contributed by atoms with Gasteiger partial charge < -0.3 is 9.80 Å². The van der Waals surface area contributed by atoms with Gasteiger partial charge >= 0.3 is 0 Å². The minimum atomic E-state index is 0. The zero-order valence-corrected chi connectivity index (χ0v) is 15.7. The molecule has 0 aliphatic carbocycles. The number of thiocarbonyl (C=S) groups is 2. The van der Waals surface area contributed by atoms with Gasteiger partial charge in [0.1, 0.15) is 8.64 Å². The molecule has 0 aromatic rings. The maximum absolute atomic E-state index is 5.07. The molecule has 0 saturated heterocycles. The van der Waals surface area contributed by atoms with Crippen molar-refractivity contribution in [1.82, 2.24) is 9.80 Å². The van der Waals surface area contributed by atoms with Gasteiger partial charge in [-0.15, -0.1) is 0 Å². The molecule has 0 fully saturated rings. The Hall–Kier alpha value is 1.21. The van der Waals surface area contributed by atoms with Crippen molar-refractivity contribution >= 4 is 77.3 Å². The Morgan fingerprint density at radius 2 is 1.31 bits per heavy atom. The Bertz CT molecular complexity index is 193. The number of hydrogen-bond acceptors (Lipinski definition) is 4. The Labute approximate surface area is 133 Å². The van der Waals surface area contributed by atoms with Crippen LogP contribution >= 0.6 is 68.6 Å². The first-order valence-corrected chi connectivity index (χ1v) is 9.19. The summed E-state index contributed by atoms with van der Waals surface area (Å²) in [6.45, 7) is 2.17. The second-order valence-corrected chi connectivity index (χ2v) is 7.65. The zero-order valence-electron chi connectivity index (χ0n) is 10.3. The molecule has 0 saturated carbocycles. The molecule has 0 N–H and O–H groups in total. The quantitative estimate of drug-likeness (QED) is 0.273. The molecule has 0 spiro atoms. The Kier molecular flexibility index (Phi) is 15.5. The van der Waals surface area contributed by atoms with E-state index in [1.807, 2.05) is 38.0 Å². The average molecular weight is 414 g/mol. The summed E-state index contributed by atoms with van der Waals surface area (Å²) in [4.78, 5) is 3.79. The predicted molar refractivity (Wildman–Crippen MR) is 99.0 cm³/mol. The van der Waals surface area contributed by atoms with Crippen molar-refractivity contribution in [2.45, 2.75) is 13.3 Å². The second-order valence-electron chi connectivity index (χ2n) is 3.18. The van der Waals surface area contributed by atoms with Gasteiger partial charge in [-0.05, 0) is 32.4 Å². The topological polar surface area (TPSA) is 6.48 Å². The lowest BCUT2D eigenvalue weighted by Gasteiger charge is -2.15. The van der Waals surface area contributed by atoms with Crippen molar-refractivity contribution in [3.63, 3.8) is 0 Å². The fourth-order valence-corrected chi connectivity index (χ4v) is 2.60. The largest absolute Gasteiger partial charge is 0.363 e. The molecule has 0 aliphatic heterocycles. The summed E-state index contributed by atoms with van der Waals surface area (Å²) >= 11 is 12.5. The summed E-state index contributed by atoms with van der Waals surface area (Å²) in [5.41, 5.74) is 0. The molecule has 16 heavy (non-hydrogen) atoms. The van der Waals surface area contributed by atoms with Gasteiger partial charge in [0.2, 0.25) is 0 Å². The van der Waals surface area contributed by atoms with Crippen LogP contribution in [-0.2, 0) is 0 Å². The van der Waals surface area contributed by atoms with Crippen LogP contribution < -0.4 is 0 Å². The van der Waals surface area contributed by atoms with Crippen LogP contribution in [0.5, 0.6) is 0 Å². The molecule has 0 atom stereocenters. The van der Waals surface area contributed by atoms with Gasteiger partial charge in [0.25, 0.3) is 0 Å². The van der Waals surface area contributed by atoms with Gasteiger partial charge in [0.05, 0.1) is 0 Å². The van der Waals surface area contributed by atoms with Gasteiger partial charge in [0.15, 0.2) is 0 Å². The molecule has 0 unspecified atom stereocenters. The van der Waals surface area contributed by atoms with Gasteiger partial charge in [0, 0.05) is 29.6 Å². The van der Waals surface area contributed by atoms with Crippen LogP contribution in [0.2, 0.25) is 0 Å².